The highest BCUT2D eigenvalue weighted by atomic mass is 19.1. The smallest absolute Gasteiger partial charge is 0.151 e. The Kier molecular flexibility index (Phi) is 4.43. The fourth-order valence-corrected chi connectivity index (χ4v) is 4.72. The van der Waals surface area contributed by atoms with Gasteiger partial charge in [0, 0.05) is 30.3 Å². The van der Waals surface area contributed by atoms with Gasteiger partial charge in [0.05, 0.1) is 29.8 Å². The molecule has 2 aliphatic rings. The number of halogens is 1. The fraction of sp³-hybridized carbons (Fsp3) is 0.429. The molecular weight excluding hydrogens is 385 g/mol. The standard InChI is InChI=1S/C21H24FN7O/c1-21-8-7-13(24-21)11-17(20(21)22)28(2)19-6-5-16(25-26-19)15-4-3-14(12-18(15)30)29-10-9-23-27-29/h3-6,9-10,12-13,17,20,24,30H,7-8,11H2,1-2H3/t13-,17-,20+,21+/m0/s1. The van der Waals surface area contributed by atoms with Crippen LogP contribution in [0.4, 0.5) is 10.2 Å². The Hall–Kier alpha value is -3.07. The number of nitrogens with zero attached hydrogens (tertiary/aromatic N) is 6. The van der Waals surface area contributed by atoms with Crippen molar-refractivity contribution in [1.82, 2.24) is 30.5 Å². The number of rotatable bonds is 4. The molecule has 1 aromatic carbocycles. The maximum atomic E-state index is 15.2. The van der Waals surface area contributed by atoms with Gasteiger partial charge in [0.1, 0.15) is 11.9 Å². The largest absolute Gasteiger partial charge is 0.507 e. The van der Waals surface area contributed by atoms with Gasteiger partial charge in [-0.1, -0.05) is 5.21 Å². The van der Waals surface area contributed by atoms with Crippen LogP contribution in [0.15, 0.2) is 42.7 Å². The molecule has 4 atom stereocenters. The molecule has 9 heteroatoms. The fourth-order valence-electron chi connectivity index (χ4n) is 4.72. The topological polar surface area (TPSA) is 92.0 Å². The first kappa shape index (κ1) is 18.9. The van der Waals surface area contributed by atoms with Gasteiger partial charge in [0.2, 0.25) is 0 Å². The number of fused-ring (bicyclic) bond motifs is 2. The lowest BCUT2D eigenvalue weighted by Gasteiger charge is -2.44. The van der Waals surface area contributed by atoms with E-state index in [1.165, 1.54) is 0 Å². The van der Waals surface area contributed by atoms with Crippen molar-refractivity contribution < 1.29 is 9.50 Å². The summed E-state index contributed by atoms with van der Waals surface area (Å²) in [7, 11) is 1.87. The van der Waals surface area contributed by atoms with Crippen LogP contribution in [0.3, 0.4) is 0 Å². The molecule has 156 valence electrons. The van der Waals surface area contributed by atoms with Gasteiger partial charge >= 0.3 is 0 Å². The Morgan fingerprint density at radius 2 is 2.13 bits per heavy atom. The summed E-state index contributed by atoms with van der Waals surface area (Å²) < 4.78 is 16.8. The monoisotopic (exact) mass is 409 g/mol. The normalized spacial score (nSPS) is 27.9. The summed E-state index contributed by atoms with van der Waals surface area (Å²) in [6.45, 7) is 1.97. The summed E-state index contributed by atoms with van der Waals surface area (Å²) in [5.74, 6) is 0.695. The number of alkyl halides is 1. The number of phenolic OH excluding ortho intramolecular Hbond substituents is 1. The van der Waals surface area contributed by atoms with E-state index in [2.05, 4.69) is 25.8 Å². The van der Waals surface area contributed by atoms with Gasteiger partial charge < -0.3 is 15.3 Å². The highest BCUT2D eigenvalue weighted by molar-refractivity contribution is 5.69. The van der Waals surface area contributed by atoms with Crippen molar-refractivity contribution >= 4 is 5.82 Å². The molecule has 0 spiro atoms. The van der Waals surface area contributed by atoms with Gasteiger partial charge in [0.15, 0.2) is 5.82 Å². The third kappa shape index (κ3) is 3.09. The summed E-state index contributed by atoms with van der Waals surface area (Å²) in [5.41, 5.74) is 1.34. The second kappa shape index (κ2) is 7.02. The number of phenols is 1. The van der Waals surface area contributed by atoms with Crippen LogP contribution < -0.4 is 10.2 Å². The number of anilines is 1. The minimum absolute atomic E-state index is 0.0741. The number of nitrogens with one attached hydrogen (secondary N) is 1. The summed E-state index contributed by atoms with van der Waals surface area (Å²) in [6.07, 6.45) is 4.91. The molecule has 30 heavy (non-hydrogen) atoms. The molecule has 8 nitrogen and oxygen atoms in total. The van der Waals surface area contributed by atoms with Crippen LogP contribution in [-0.4, -0.2) is 61.1 Å². The molecule has 2 N–H and O–H groups in total. The van der Waals surface area contributed by atoms with E-state index in [0.717, 1.165) is 19.3 Å². The molecule has 0 unspecified atom stereocenters. The number of aromatic hydroxyl groups is 1. The summed E-state index contributed by atoms with van der Waals surface area (Å²) in [5, 5.41) is 30.2. The van der Waals surface area contributed by atoms with E-state index >= 15 is 4.39 Å². The Labute approximate surface area is 173 Å². The highest BCUT2D eigenvalue weighted by Crippen LogP contribution is 2.40. The number of piperidine rings is 1. The maximum Gasteiger partial charge on any atom is 0.151 e. The molecule has 0 aliphatic carbocycles. The van der Waals surface area contributed by atoms with Crippen molar-refractivity contribution in [2.75, 3.05) is 11.9 Å². The van der Waals surface area contributed by atoms with Crippen molar-refractivity contribution in [3.63, 3.8) is 0 Å². The average molecular weight is 409 g/mol. The second-order valence-electron chi connectivity index (χ2n) is 8.44. The zero-order valence-electron chi connectivity index (χ0n) is 16.9. The van der Waals surface area contributed by atoms with E-state index in [1.54, 1.807) is 35.3 Å². The van der Waals surface area contributed by atoms with Gasteiger partial charge in [-0.05, 0) is 50.5 Å². The van der Waals surface area contributed by atoms with Gasteiger partial charge in [-0.2, -0.15) is 0 Å². The number of hydrogen-bond acceptors (Lipinski definition) is 7. The molecule has 2 bridgehead atoms. The zero-order chi connectivity index (χ0) is 20.9. The van der Waals surface area contributed by atoms with Crippen molar-refractivity contribution in [1.29, 1.82) is 0 Å². The summed E-state index contributed by atoms with van der Waals surface area (Å²) >= 11 is 0. The summed E-state index contributed by atoms with van der Waals surface area (Å²) in [4.78, 5) is 1.90. The quantitative estimate of drug-likeness (QED) is 0.684. The second-order valence-corrected chi connectivity index (χ2v) is 8.44. The Bertz CT molecular complexity index is 1040. The van der Waals surface area contributed by atoms with Gasteiger partial charge in [0.25, 0.3) is 0 Å². The first-order valence-electron chi connectivity index (χ1n) is 10.1. The van der Waals surface area contributed by atoms with Crippen LogP contribution >= 0.6 is 0 Å². The van der Waals surface area contributed by atoms with E-state index in [-0.39, 0.29) is 11.8 Å². The third-order valence-electron chi connectivity index (χ3n) is 6.47. The molecule has 2 aliphatic heterocycles. The third-order valence-corrected chi connectivity index (χ3v) is 6.47. The van der Waals surface area contributed by atoms with Crippen molar-refractivity contribution in [2.45, 2.75) is 50.0 Å². The van der Waals surface area contributed by atoms with E-state index in [9.17, 15) is 5.11 Å². The number of aromatic nitrogens is 5. The predicted molar refractivity (Wildman–Crippen MR) is 110 cm³/mol. The molecule has 0 amide bonds. The lowest BCUT2D eigenvalue weighted by atomic mass is 9.86. The first-order chi connectivity index (χ1) is 14.4. The molecule has 2 aromatic heterocycles. The molecular formula is C21H24FN7O. The predicted octanol–water partition coefficient (Wildman–Crippen LogP) is 2.49. The Balaban J connectivity index is 1.37. The lowest BCUT2D eigenvalue weighted by molar-refractivity contribution is 0.111. The van der Waals surface area contributed by atoms with Crippen LogP contribution in [-0.2, 0) is 0 Å². The minimum Gasteiger partial charge on any atom is -0.507 e. The molecule has 2 saturated heterocycles. The zero-order valence-corrected chi connectivity index (χ0v) is 16.9. The molecule has 5 rings (SSSR count). The van der Waals surface area contributed by atoms with Crippen molar-refractivity contribution in [3.05, 3.63) is 42.7 Å². The Morgan fingerprint density at radius 1 is 1.27 bits per heavy atom. The van der Waals surface area contributed by atoms with E-state index in [1.807, 2.05) is 31.0 Å². The van der Waals surface area contributed by atoms with Crippen LogP contribution in [0.1, 0.15) is 26.2 Å². The maximum absolute atomic E-state index is 15.2. The SMILES string of the molecule is CN(c1ccc(-c2ccc(-n3ccnn3)cc2O)nn1)[C@H]1C[C@@H]2CC[C@@](C)(N2)[C@@H]1F. The molecule has 4 heterocycles. The van der Waals surface area contributed by atoms with Gasteiger partial charge in [-0.3, -0.25) is 0 Å². The minimum atomic E-state index is -0.976. The average Bonchev–Trinajstić information content (AvgIpc) is 3.40. The van der Waals surface area contributed by atoms with Crippen molar-refractivity contribution in [3.8, 4) is 22.7 Å². The molecule has 3 aromatic rings. The van der Waals surface area contributed by atoms with Crippen LogP contribution in [0, 0.1) is 0 Å². The van der Waals surface area contributed by atoms with Crippen LogP contribution in [0.25, 0.3) is 16.9 Å². The molecule has 2 fully saturated rings. The van der Waals surface area contributed by atoms with E-state index in [4.69, 9.17) is 0 Å². The number of benzene rings is 1. The van der Waals surface area contributed by atoms with Gasteiger partial charge in [-0.15, -0.1) is 15.3 Å². The lowest BCUT2D eigenvalue weighted by Crippen LogP contribution is -2.62. The van der Waals surface area contributed by atoms with Gasteiger partial charge in [-0.25, -0.2) is 9.07 Å². The van der Waals surface area contributed by atoms with E-state index < -0.39 is 11.7 Å². The van der Waals surface area contributed by atoms with Crippen LogP contribution in [0.2, 0.25) is 0 Å². The summed E-state index contributed by atoms with van der Waals surface area (Å²) in [6, 6.07) is 8.93. The van der Waals surface area contributed by atoms with Crippen molar-refractivity contribution in [2.24, 2.45) is 0 Å². The number of hydrogen-bond donors (Lipinski definition) is 2. The first-order valence-corrected chi connectivity index (χ1v) is 10.1. The molecule has 0 radical (unpaired) electrons. The highest BCUT2D eigenvalue weighted by Gasteiger charge is 2.51. The van der Waals surface area contributed by atoms with Crippen LogP contribution in [0.5, 0.6) is 5.75 Å². The molecule has 0 saturated carbocycles. The van der Waals surface area contributed by atoms with E-state index in [0.29, 0.717) is 28.8 Å². The Morgan fingerprint density at radius 3 is 2.83 bits per heavy atom.